The SMILES string of the molecule is CC1(CCN)NCCn2cccc21. The topological polar surface area (TPSA) is 43.0 Å². The second-order valence-electron chi connectivity index (χ2n) is 3.88. The summed E-state index contributed by atoms with van der Waals surface area (Å²) < 4.78 is 2.31. The van der Waals surface area contributed by atoms with Crippen molar-refractivity contribution >= 4 is 0 Å². The lowest BCUT2D eigenvalue weighted by Crippen LogP contribution is -2.48. The summed E-state index contributed by atoms with van der Waals surface area (Å²) in [6.07, 6.45) is 3.14. The van der Waals surface area contributed by atoms with E-state index in [-0.39, 0.29) is 5.54 Å². The van der Waals surface area contributed by atoms with Crippen molar-refractivity contribution in [2.75, 3.05) is 13.1 Å². The molecule has 2 rings (SSSR count). The van der Waals surface area contributed by atoms with Crippen LogP contribution < -0.4 is 11.1 Å². The van der Waals surface area contributed by atoms with Crippen LogP contribution in [0, 0.1) is 0 Å². The van der Waals surface area contributed by atoms with Crippen LogP contribution in [0.4, 0.5) is 0 Å². The summed E-state index contributed by atoms with van der Waals surface area (Å²) in [7, 11) is 0. The van der Waals surface area contributed by atoms with Gasteiger partial charge in [-0.2, -0.15) is 0 Å². The van der Waals surface area contributed by atoms with Crippen molar-refractivity contribution in [3.63, 3.8) is 0 Å². The molecule has 0 aromatic carbocycles. The molecule has 0 bridgehead atoms. The van der Waals surface area contributed by atoms with Gasteiger partial charge in [-0.3, -0.25) is 0 Å². The van der Waals surface area contributed by atoms with E-state index in [1.54, 1.807) is 0 Å². The Morgan fingerprint density at radius 3 is 3.31 bits per heavy atom. The Labute approximate surface area is 78.9 Å². The van der Waals surface area contributed by atoms with E-state index in [0.29, 0.717) is 0 Å². The van der Waals surface area contributed by atoms with Gasteiger partial charge >= 0.3 is 0 Å². The van der Waals surface area contributed by atoms with Crippen molar-refractivity contribution in [1.29, 1.82) is 0 Å². The van der Waals surface area contributed by atoms with Gasteiger partial charge in [-0.15, -0.1) is 0 Å². The third kappa shape index (κ3) is 1.38. The number of nitrogens with one attached hydrogen (secondary N) is 1. The minimum Gasteiger partial charge on any atom is -0.348 e. The molecule has 1 unspecified atom stereocenters. The third-order valence-electron chi connectivity index (χ3n) is 2.91. The molecule has 0 amide bonds. The number of aromatic nitrogens is 1. The van der Waals surface area contributed by atoms with Crippen LogP contribution in [0.5, 0.6) is 0 Å². The Kier molecular flexibility index (Phi) is 2.14. The lowest BCUT2D eigenvalue weighted by atomic mass is 9.92. The van der Waals surface area contributed by atoms with Gasteiger partial charge in [-0.25, -0.2) is 0 Å². The molecule has 1 aromatic heterocycles. The normalized spacial score (nSPS) is 27.2. The van der Waals surface area contributed by atoms with Crippen molar-refractivity contribution in [1.82, 2.24) is 9.88 Å². The molecule has 3 N–H and O–H groups in total. The monoisotopic (exact) mass is 179 g/mol. The van der Waals surface area contributed by atoms with Gasteiger partial charge in [0.1, 0.15) is 0 Å². The summed E-state index contributed by atoms with van der Waals surface area (Å²) in [5.74, 6) is 0. The number of hydrogen-bond donors (Lipinski definition) is 2. The number of fused-ring (bicyclic) bond motifs is 1. The molecular formula is C10H17N3. The Hall–Kier alpha value is -0.800. The Morgan fingerprint density at radius 1 is 1.69 bits per heavy atom. The fraction of sp³-hybridized carbons (Fsp3) is 0.600. The van der Waals surface area contributed by atoms with Crippen LogP contribution in [-0.2, 0) is 12.1 Å². The molecule has 0 fully saturated rings. The summed E-state index contributed by atoms with van der Waals surface area (Å²) in [5, 5.41) is 3.54. The third-order valence-corrected chi connectivity index (χ3v) is 2.91. The molecule has 3 nitrogen and oxygen atoms in total. The van der Waals surface area contributed by atoms with Gasteiger partial charge in [-0.1, -0.05) is 0 Å². The minimum atomic E-state index is 0.0799. The van der Waals surface area contributed by atoms with E-state index in [1.165, 1.54) is 5.69 Å². The number of nitrogens with zero attached hydrogens (tertiary/aromatic N) is 1. The van der Waals surface area contributed by atoms with Gasteiger partial charge in [0.25, 0.3) is 0 Å². The maximum absolute atomic E-state index is 5.62. The maximum Gasteiger partial charge on any atom is 0.0572 e. The van der Waals surface area contributed by atoms with Crippen molar-refractivity contribution in [2.45, 2.75) is 25.4 Å². The Bertz CT molecular complexity index is 292. The first-order chi connectivity index (χ1) is 6.26. The number of hydrogen-bond acceptors (Lipinski definition) is 2. The molecule has 1 aliphatic rings. The molecule has 3 heteroatoms. The second kappa shape index (κ2) is 3.16. The Balaban J connectivity index is 2.33. The molecule has 13 heavy (non-hydrogen) atoms. The predicted molar refractivity (Wildman–Crippen MR) is 53.5 cm³/mol. The predicted octanol–water partition coefficient (Wildman–Crippen LogP) is 0.655. The fourth-order valence-corrected chi connectivity index (χ4v) is 2.16. The smallest absolute Gasteiger partial charge is 0.0572 e. The molecule has 0 spiro atoms. The summed E-state index contributed by atoms with van der Waals surface area (Å²) >= 11 is 0. The highest BCUT2D eigenvalue weighted by molar-refractivity contribution is 5.19. The second-order valence-corrected chi connectivity index (χ2v) is 3.88. The summed E-state index contributed by atoms with van der Waals surface area (Å²) in [6, 6.07) is 4.29. The van der Waals surface area contributed by atoms with Gasteiger partial charge < -0.3 is 15.6 Å². The fourth-order valence-electron chi connectivity index (χ4n) is 2.16. The van der Waals surface area contributed by atoms with E-state index in [4.69, 9.17) is 5.73 Å². The molecule has 72 valence electrons. The van der Waals surface area contributed by atoms with Crippen molar-refractivity contribution in [3.05, 3.63) is 24.0 Å². The molecule has 1 aliphatic heterocycles. The first-order valence-corrected chi connectivity index (χ1v) is 4.87. The lowest BCUT2D eigenvalue weighted by Gasteiger charge is -2.36. The van der Waals surface area contributed by atoms with Crippen molar-refractivity contribution < 1.29 is 0 Å². The largest absolute Gasteiger partial charge is 0.348 e. The van der Waals surface area contributed by atoms with E-state index in [2.05, 4.69) is 35.1 Å². The van der Waals surface area contributed by atoms with Gasteiger partial charge in [0.05, 0.1) is 5.54 Å². The average molecular weight is 179 g/mol. The van der Waals surface area contributed by atoms with E-state index in [9.17, 15) is 0 Å². The number of nitrogens with two attached hydrogens (primary N) is 1. The van der Waals surface area contributed by atoms with Crippen LogP contribution in [0.1, 0.15) is 19.0 Å². The average Bonchev–Trinajstić information content (AvgIpc) is 2.54. The summed E-state index contributed by atoms with van der Waals surface area (Å²) in [5.41, 5.74) is 7.07. The molecule has 0 saturated carbocycles. The van der Waals surface area contributed by atoms with Gasteiger partial charge in [-0.05, 0) is 32.0 Å². The minimum absolute atomic E-state index is 0.0799. The van der Waals surface area contributed by atoms with E-state index >= 15 is 0 Å². The van der Waals surface area contributed by atoms with Gasteiger partial charge in [0, 0.05) is 25.0 Å². The van der Waals surface area contributed by atoms with Crippen LogP contribution in [0.2, 0.25) is 0 Å². The highest BCUT2D eigenvalue weighted by Crippen LogP contribution is 2.27. The summed E-state index contributed by atoms with van der Waals surface area (Å²) in [4.78, 5) is 0. The highest BCUT2D eigenvalue weighted by Gasteiger charge is 2.30. The molecule has 2 heterocycles. The molecule has 1 atom stereocenters. The van der Waals surface area contributed by atoms with Crippen LogP contribution in [0.15, 0.2) is 18.3 Å². The van der Waals surface area contributed by atoms with E-state index < -0.39 is 0 Å². The molecular weight excluding hydrogens is 162 g/mol. The van der Waals surface area contributed by atoms with Crippen molar-refractivity contribution in [3.8, 4) is 0 Å². The molecule has 0 radical (unpaired) electrons. The molecule has 0 saturated heterocycles. The standard InChI is InChI=1S/C10H17N3/c1-10(4-5-11)9-3-2-7-13(9)8-6-12-10/h2-3,7,12H,4-6,8,11H2,1H3. The van der Waals surface area contributed by atoms with Crippen LogP contribution >= 0.6 is 0 Å². The highest BCUT2D eigenvalue weighted by atomic mass is 15.1. The first-order valence-electron chi connectivity index (χ1n) is 4.87. The zero-order chi connectivity index (χ0) is 9.31. The van der Waals surface area contributed by atoms with Crippen molar-refractivity contribution in [2.24, 2.45) is 5.73 Å². The van der Waals surface area contributed by atoms with E-state index in [1.807, 2.05) is 0 Å². The van der Waals surface area contributed by atoms with Gasteiger partial charge in [0.2, 0.25) is 0 Å². The first kappa shape index (κ1) is 8.78. The zero-order valence-corrected chi connectivity index (χ0v) is 8.09. The van der Waals surface area contributed by atoms with E-state index in [0.717, 1.165) is 26.1 Å². The zero-order valence-electron chi connectivity index (χ0n) is 8.09. The van der Waals surface area contributed by atoms with Crippen LogP contribution in [0.25, 0.3) is 0 Å². The maximum atomic E-state index is 5.62. The lowest BCUT2D eigenvalue weighted by molar-refractivity contribution is 0.284. The Morgan fingerprint density at radius 2 is 2.54 bits per heavy atom. The molecule has 0 aliphatic carbocycles. The molecule has 1 aromatic rings. The quantitative estimate of drug-likeness (QED) is 0.700. The van der Waals surface area contributed by atoms with Crippen LogP contribution in [-0.4, -0.2) is 17.7 Å². The summed E-state index contributed by atoms with van der Waals surface area (Å²) in [6.45, 7) is 5.07. The van der Waals surface area contributed by atoms with Crippen LogP contribution in [0.3, 0.4) is 0 Å². The number of rotatable bonds is 2. The van der Waals surface area contributed by atoms with Gasteiger partial charge in [0.15, 0.2) is 0 Å².